The first-order valence-corrected chi connectivity index (χ1v) is 6.86. The highest BCUT2D eigenvalue weighted by Crippen LogP contribution is 2.37. The van der Waals surface area contributed by atoms with Gasteiger partial charge in [-0.05, 0) is 37.6 Å². The Kier molecular flexibility index (Phi) is 3.25. The lowest BCUT2D eigenvalue weighted by Gasteiger charge is -2.10. The van der Waals surface area contributed by atoms with Crippen molar-refractivity contribution in [2.75, 3.05) is 6.61 Å². The second kappa shape index (κ2) is 5.09. The highest BCUT2D eigenvalue weighted by atomic mass is 16.5. The summed E-state index contributed by atoms with van der Waals surface area (Å²) in [5, 5.41) is 15.7. The van der Waals surface area contributed by atoms with Gasteiger partial charge in [-0.2, -0.15) is 5.10 Å². The molecule has 0 spiro atoms. The van der Waals surface area contributed by atoms with Crippen LogP contribution in [0.1, 0.15) is 12.5 Å². The molecule has 0 amide bonds. The maximum atomic E-state index is 10.4. The van der Waals surface area contributed by atoms with E-state index in [4.69, 9.17) is 4.74 Å². The predicted octanol–water partition coefficient (Wildman–Crippen LogP) is 3.05. The minimum Gasteiger partial charge on any atom is -0.504 e. The third kappa shape index (κ3) is 2.31. The fourth-order valence-electron chi connectivity index (χ4n) is 2.41. The quantitative estimate of drug-likeness (QED) is 0.802. The van der Waals surface area contributed by atoms with E-state index in [9.17, 15) is 5.11 Å². The first-order chi connectivity index (χ1) is 10.1. The fourth-order valence-corrected chi connectivity index (χ4v) is 2.41. The van der Waals surface area contributed by atoms with Crippen LogP contribution < -0.4 is 4.74 Å². The van der Waals surface area contributed by atoms with Gasteiger partial charge in [0.2, 0.25) is 0 Å². The molecule has 0 aliphatic rings. The van der Waals surface area contributed by atoms with Crippen molar-refractivity contribution in [1.82, 2.24) is 14.8 Å². The molecule has 0 bridgehead atoms. The van der Waals surface area contributed by atoms with Crippen LogP contribution in [-0.4, -0.2) is 26.5 Å². The summed E-state index contributed by atoms with van der Waals surface area (Å²) in [6.07, 6.45) is 1.94. The van der Waals surface area contributed by atoms with Gasteiger partial charge in [0.15, 0.2) is 17.1 Å². The highest BCUT2D eigenvalue weighted by Gasteiger charge is 2.13. The zero-order chi connectivity index (χ0) is 15.0. The van der Waals surface area contributed by atoms with Gasteiger partial charge >= 0.3 is 0 Å². The van der Waals surface area contributed by atoms with Crippen LogP contribution in [0.4, 0.5) is 0 Å². The Balaban J connectivity index is 2.18. The number of aryl methyl sites for hydroxylation is 2. The number of benzene rings is 1. The highest BCUT2D eigenvalue weighted by molar-refractivity contribution is 5.83. The van der Waals surface area contributed by atoms with Crippen LogP contribution in [0, 0.1) is 6.92 Å². The lowest BCUT2D eigenvalue weighted by molar-refractivity contribution is 0.318. The topological polar surface area (TPSA) is 60.2 Å². The number of hydrogen-bond donors (Lipinski definition) is 1. The Labute approximate surface area is 122 Å². The standard InChI is InChI=1S/C16H17N3O2/c1-4-21-14-7-5-6-11(15(14)20)13-8-10(2)12-9-19(3)18-16(12)17-13/h5-9,20H,4H2,1-3H3. The zero-order valence-electron chi connectivity index (χ0n) is 12.3. The Morgan fingerprint density at radius 3 is 2.90 bits per heavy atom. The van der Waals surface area contributed by atoms with Gasteiger partial charge in [-0.25, -0.2) is 4.98 Å². The van der Waals surface area contributed by atoms with Gasteiger partial charge in [-0.3, -0.25) is 4.68 Å². The van der Waals surface area contributed by atoms with Crippen LogP contribution in [0.2, 0.25) is 0 Å². The number of hydrogen-bond acceptors (Lipinski definition) is 4. The minimum atomic E-state index is 0.113. The van der Waals surface area contributed by atoms with E-state index < -0.39 is 0 Å². The number of rotatable bonds is 3. The molecule has 0 atom stereocenters. The predicted molar refractivity (Wildman–Crippen MR) is 81.5 cm³/mol. The third-order valence-corrected chi connectivity index (χ3v) is 3.39. The maximum Gasteiger partial charge on any atom is 0.181 e. The van der Waals surface area contributed by atoms with Crippen molar-refractivity contribution in [2.24, 2.45) is 7.05 Å². The molecule has 0 radical (unpaired) electrons. The van der Waals surface area contributed by atoms with Gasteiger partial charge in [-0.15, -0.1) is 0 Å². The smallest absolute Gasteiger partial charge is 0.181 e. The molecule has 0 saturated heterocycles. The number of pyridine rings is 1. The molecule has 21 heavy (non-hydrogen) atoms. The monoisotopic (exact) mass is 283 g/mol. The van der Waals surface area contributed by atoms with Crippen molar-refractivity contribution >= 4 is 11.0 Å². The van der Waals surface area contributed by atoms with Crippen LogP contribution >= 0.6 is 0 Å². The summed E-state index contributed by atoms with van der Waals surface area (Å²) in [7, 11) is 1.87. The fraction of sp³-hybridized carbons (Fsp3) is 0.250. The lowest BCUT2D eigenvalue weighted by Crippen LogP contribution is -1.94. The van der Waals surface area contributed by atoms with Crippen LogP contribution in [0.3, 0.4) is 0 Å². The first kappa shape index (κ1) is 13.4. The molecular weight excluding hydrogens is 266 g/mol. The number of fused-ring (bicyclic) bond motifs is 1. The van der Waals surface area contributed by atoms with Gasteiger partial charge in [0.05, 0.1) is 12.3 Å². The van der Waals surface area contributed by atoms with E-state index in [1.54, 1.807) is 10.7 Å². The largest absolute Gasteiger partial charge is 0.504 e. The molecule has 108 valence electrons. The van der Waals surface area contributed by atoms with Gasteiger partial charge in [-0.1, -0.05) is 6.07 Å². The molecule has 2 aromatic heterocycles. The van der Waals surface area contributed by atoms with Crippen molar-refractivity contribution in [3.05, 3.63) is 36.0 Å². The van der Waals surface area contributed by atoms with E-state index in [1.807, 2.05) is 45.3 Å². The summed E-state index contributed by atoms with van der Waals surface area (Å²) in [5.74, 6) is 0.581. The summed E-state index contributed by atoms with van der Waals surface area (Å²) >= 11 is 0. The number of aromatic nitrogens is 3. The maximum absolute atomic E-state index is 10.4. The van der Waals surface area contributed by atoms with Crippen molar-refractivity contribution in [1.29, 1.82) is 0 Å². The van der Waals surface area contributed by atoms with E-state index in [-0.39, 0.29) is 5.75 Å². The van der Waals surface area contributed by atoms with Crippen LogP contribution in [0.5, 0.6) is 11.5 Å². The van der Waals surface area contributed by atoms with Crippen LogP contribution in [-0.2, 0) is 7.05 Å². The van der Waals surface area contributed by atoms with E-state index in [0.717, 1.165) is 10.9 Å². The Hall–Kier alpha value is -2.56. The molecule has 0 aliphatic heterocycles. The van der Waals surface area contributed by atoms with Crippen molar-refractivity contribution in [2.45, 2.75) is 13.8 Å². The summed E-state index contributed by atoms with van der Waals surface area (Å²) in [6.45, 7) is 4.40. The Bertz CT molecular complexity index is 809. The molecule has 1 N–H and O–H groups in total. The van der Waals surface area contributed by atoms with Crippen LogP contribution in [0.15, 0.2) is 30.5 Å². The molecule has 3 aromatic rings. The number of phenols is 1. The molecular formula is C16H17N3O2. The number of para-hydroxylation sites is 1. The SMILES string of the molecule is CCOc1cccc(-c2cc(C)c3cn(C)nc3n2)c1O. The number of nitrogens with zero attached hydrogens (tertiary/aromatic N) is 3. The second-order valence-corrected chi connectivity index (χ2v) is 4.95. The summed E-state index contributed by atoms with van der Waals surface area (Å²) in [5.41, 5.74) is 3.09. The third-order valence-electron chi connectivity index (χ3n) is 3.39. The summed E-state index contributed by atoms with van der Waals surface area (Å²) in [4.78, 5) is 4.54. The molecule has 0 unspecified atom stereocenters. The number of phenolic OH excluding ortho intramolecular Hbond substituents is 1. The van der Waals surface area contributed by atoms with E-state index in [1.165, 1.54) is 0 Å². The van der Waals surface area contributed by atoms with Gasteiger partial charge in [0.25, 0.3) is 0 Å². The van der Waals surface area contributed by atoms with Gasteiger partial charge < -0.3 is 9.84 Å². The van der Waals surface area contributed by atoms with E-state index in [0.29, 0.717) is 29.3 Å². The van der Waals surface area contributed by atoms with Crippen molar-refractivity contribution in [3.8, 4) is 22.8 Å². The molecule has 0 fully saturated rings. The summed E-state index contributed by atoms with van der Waals surface area (Å²) in [6, 6.07) is 7.37. The van der Waals surface area contributed by atoms with E-state index in [2.05, 4.69) is 10.1 Å². The summed E-state index contributed by atoms with van der Waals surface area (Å²) < 4.78 is 7.16. The van der Waals surface area contributed by atoms with E-state index >= 15 is 0 Å². The lowest BCUT2D eigenvalue weighted by atomic mass is 10.1. The molecule has 2 heterocycles. The molecule has 5 heteroatoms. The number of ether oxygens (including phenoxy) is 1. The Morgan fingerprint density at radius 2 is 2.14 bits per heavy atom. The van der Waals surface area contributed by atoms with Crippen molar-refractivity contribution < 1.29 is 9.84 Å². The van der Waals surface area contributed by atoms with Gasteiger partial charge in [0.1, 0.15) is 0 Å². The van der Waals surface area contributed by atoms with Gasteiger partial charge in [0, 0.05) is 24.2 Å². The molecule has 0 aliphatic carbocycles. The minimum absolute atomic E-state index is 0.113. The average molecular weight is 283 g/mol. The molecule has 1 aromatic carbocycles. The zero-order valence-corrected chi connectivity index (χ0v) is 12.3. The van der Waals surface area contributed by atoms with Crippen molar-refractivity contribution in [3.63, 3.8) is 0 Å². The normalized spacial score (nSPS) is 11.0. The average Bonchev–Trinajstić information content (AvgIpc) is 2.82. The number of aromatic hydroxyl groups is 1. The van der Waals surface area contributed by atoms with Crippen LogP contribution in [0.25, 0.3) is 22.3 Å². The molecule has 0 saturated carbocycles. The molecule has 5 nitrogen and oxygen atoms in total. The molecule has 3 rings (SSSR count). The first-order valence-electron chi connectivity index (χ1n) is 6.86. The second-order valence-electron chi connectivity index (χ2n) is 4.95. The Morgan fingerprint density at radius 1 is 1.33 bits per heavy atom.